The number of carbonyl (C=O) groups excluding carboxylic acids is 2. The Bertz CT molecular complexity index is 1090. The molecule has 2 aromatic heterocycles. The fourth-order valence-corrected chi connectivity index (χ4v) is 4.89. The summed E-state index contributed by atoms with van der Waals surface area (Å²) in [6, 6.07) is 3.79. The molecule has 0 aromatic carbocycles. The number of likely N-dealkylation sites (tertiary alicyclic amines) is 2. The molecule has 1 N–H and O–H groups in total. The van der Waals surface area contributed by atoms with Crippen molar-refractivity contribution in [3.63, 3.8) is 0 Å². The number of aliphatic hydroxyl groups is 1. The Labute approximate surface area is 187 Å². The Morgan fingerprint density at radius 2 is 2.03 bits per heavy atom. The number of nitrogens with zero attached hydrogens (tertiary/aromatic N) is 6. The van der Waals surface area contributed by atoms with Crippen molar-refractivity contribution in [2.45, 2.75) is 46.6 Å². The Kier molecular flexibility index (Phi) is 5.67. The second kappa shape index (κ2) is 8.17. The smallest absolute Gasteiger partial charge is 0.270 e. The van der Waals surface area contributed by atoms with Gasteiger partial charge in [-0.05, 0) is 24.3 Å². The van der Waals surface area contributed by atoms with Crippen LogP contribution in [-0.2, 0) is 11.3 Å². The normalized spacial score (nSPS) is 18.5. The molecule has 9 heteroatoms. The second-order valence-corrected chi connectivity index (χ2v) is 10.3. The number of fused-ring (bicyclic) bond motifs is 1. The summed E-state index contributed by atoms with van der Waals surface area (Å²) in [5.41, 5.74) is 0.961. The predicted octanol–water partition coefficient (Wildman–Crippen LogP) is 1.80. The predicted molar refractivity (Wildman–Crippen MR) is 118 cm³/mol. The maximum Gasteiger partial charge on any atom is 0.270 e. The van der Waals surface area contributed by atoms with Gasteiger partial charge in [0.15, 0.2) is 0 Å². The van der Waals surface area contributed by atoms with Crippen LogP contribution in [0.1, 0.15) is 56.3 Å². The summed E-state index contributed by atoms with van der Waals surface area (Å²) in [4.78, 5) is 37.9. The van der Waals surface area contributed by atoms with Gasteiger partial charge >= 0.3 is 0 Å². The maximum atomic E-state index is 13.5. The first kappa shape index (κ1) is 22.2. The summed E-state index contributed by atoms with van der Waals surface area (Å²) in [6.07, 6.45) is 3.63. The van der Waals surface area contributed by atoms with Crippen molar-refractivity contribution in [2.24, 2.45) is 10.8 Å². The van der Waals surface area contributed by atoms with Gasteiger partial charge in [-0.2, -0.15) is 5.26 Å². The summed E-state index contributed by atoms with van der Waals surface area (Å²) in [6.45, 7) is 9.06. The van der Waals surface area contributed by atoms with Crippen LogP contribution in [0.3, 0.4) is 0 Å². The SMILES string of the molecule is CC(C)(C)Cn1c(C(=O)N2CCC3(CC2)CC(=O)N(CCO)C3)cc2cnc(C#N)nc21. The van der Waals surface area contributed by atoms with Gasteiger partial charge in [-0.25, -0.2) is 9.97 Å². The van der Waals surface area contributed by atoms with E-state index in [1.807, 2.05) is 21.6 Å². The lowest BCUT2D eigenvalue weighted by Gasteiger charge is -2.39. The third-order valence-electron chi connectivity index (χ3n) is 6.47. The summed E-state index contributed by atoms with van der Waals surface area (Å²) >= 11 is 0. The first-order valence-corrected chi connectivity index (χ1v) is 11.1. The van der Waals surface area contributed by atoms with Crippen LogP contribution in [-0.4, -0.2) is 74.0 Å². The van der Waals surface area contributed by atoms with E-state index in [9.17, 15) is 20.0 Å². The van der Waals surface area contributed by atoms with Crippen LogP contribution in [0.2, 0.25) is 0 Å². The molecule has 2 aromatic rings. The monoisotopic (exact) mass is 438 g/mol. The van der Waals surface area contributed by atoms with E-state index in [1.165, 1.54) is 0 Å². The molecular formula is C23H30N6O3. The van der Waals surface area contributed by atoms with Crippen molar-refractivity contribution in [1.82, 2.24) is 24.3 Å². The highest BCUT2D eigenvalue weighted by atomic mass is 16.3. The van der Waals surface area contributed by atoms with Gasteiger partial charge in [-0.3, -0.25) is 9.59 Å². The molecule has 170 valence electrons. The summed E-state index contributed by atoms with van der Waals surface area (Å²) in [5, 5.41) is 19.1. The molecule has 0 bridgehead atoms. The molecule has 2 saturated heterocycles. The highest BCUT2D eigenvalue weighted by Crippen LogP contribution is 2.41. The molecule has 0 radical (unpaired) electrons. The average Bonchev–Trinajstić information content (AvgIpc) is 3.24. The number of hydrogen-bond donors (Lipinski definition) is 1. The Morgan fingerprint density at radius 1 is 1.31 bits per heavy atom. The summed E-state index contributed by atoms with van der Waals surface area (Å²) in [5.74, 6) is 0.121. The van der Waals surface area contributed by atoms with Crippen LogP contribution >= 0.6 is 0 Å². The molecule has 9 nitrogen and oxygen atoms in total. The van der Waals surface area contributed by atoms with Crippen molar-refractivity contribution >= 4 is 22.8 Å². The van der Waals surface area contributed by atoms with Gasteiger partial charge in [0.05, 0.1) is 6.61 Å². The fourth-order valence-electron chi connectivity index (χ4n) is 4.89. The first-order chi connectivity index (χ1) is 15.1. The average molecular weight is 439 g/mol. The Morgan fingerprint density at radius 3 is 2.66 bits per heavy atom. The molecule has 32 heavy (non-hydrogen) atoms. The van der Waals surface area contributed by atoms with Crippen molar-refractivity contribution in [1.29, 1.82) is 5.26 Å². The van der Waals surface area contributed by atoms with Crippen LogP contribution < -0.4 is 0 Å². The Hall–Kier alpha value is -2.99. The van der Waals surface area contributed by atoms with Crippen molar-refractivity contribution in [3.8, 4) is 6.07 Å². The number of aromatic nitrogens is 3. The van der Waals surface area contributed by atoms with Crippen LogP contribution in [0.25, 0.3) is 11.0 Å². The van der Waals surface area contributed by atoms with Gasteiger partial charge in [-0.15, -0.1) is 0 Å². The highest BCUT2D eigenvalue weighted by Gasteiger charge is 2.45. The number of amides is 2. The zero-order valence-electron chi connectivity index (χ0n) is 19.0. The largest absolute Gasteiger partial charge is 0.395 e. The molecule has 2 amide bonds. The van der Waals surface area contributed by atoms with E-state index in [-0.39, 0.29) is 35.1 Å². The number of aliphatic hydroxyl groups excluding tert-OH is 1. The van der Waals surface area contributed by atoms with Crippen LogP contribution in [0.4, 0.5) is 0 Å². The fraction of sp³-hybridized carbons (Fsp3) is 0.609. The summed E-state index contributed by atoms with van der Waals surface area (Å²) < 4.78 is 1.91. The topological polar surface area (TPSA) is 115 Å². The minimum atomic E-state index is -0.103. The van der Waals surface area contributed by atoms with E-state index in [0.717, 1.165) is 18.2 Å². The highest BCUT2D eigenvalue weighted by molar-refractivity contribution is 5.98. The molecule has 2 aliphatic heterocycles. The van der Waals surface area contributed by atoms with Crippen molar-refractivity contribution in [3.05, 3.63) is 23.8 Å². The molecule has 4 rings (SSSR count). The number of β-amino-alcohol motifs (C(OH)–C–C–N with tert-alkyl or cyclic N) is 1. The number of piperidine rings is 1. The van der Waals surface area contributed by atoms with Crippen LogP contribution in [0.15, 0.2) is 12.3 Å². The first-order valence-electron chi connectivity index (χ1n) is 11.1. The number of hydrogen-bond acceptors (Lipinski definition) is 6. The quantitative estimate of drug-likeness (QED) is 0.778. The van der Waals surface area contributed by atoms with E-state index < -0.39 is 0 Å². The lowest BCUT2D eigenvalue weighted by atomic mass is 9.77. The lowest BCUT2D eigenvalue weighted by molar-refractivity contribution is -0.128. The molecule has 0 unspecified atom stereocenters. The van der Waals surface area contributed by atoms with Crippen LogP contribution in [0, 0.1) is 22.2 Å². The van der Waals surface area contributed by atoms with E-state index in [1.54, 1.807) is 11.1 Å². The molecule has 1 spiro atoms. The lowest BCUT2D eigenvalue weighted by Crippen LogP contribution is -2.45. The van der Waals surface area contributed by atoms with Gasteiger partial charge in [0, 0.05) is 56.1 Å². The van der Waals surface area contributed by atoms with Crippen LogP contribution in [0.5, 0.6) is 0 Å². The van der Waals surface area contributed by atoms with E-state index in [2.05, 4.69) is 30.7 Å². The molecular weight excluding hydrogens is 408 g/mol. The third kappa shape index (κ3) is 4.19. The molecule has 4 heterocycles. The Balaban J connectivity index is 1.57. The zero-order valence-corrected chi connectivity index (χ0v) is 19.0. The minimum absolute atomic E-state index is 0.0266. The molecule has 0 aliphatic carbocycles. The maximum absolute atomic E-state index is 13.5. The third-order valence-corrected chi connectivity index (χ3v) is 6.47. The number of rotatable bonds is 4. The molecule has 0 atom stereocenters. The number of nitriles is 1. The zero-order chi connectivity index (χ0) is 23.1. The molecule has 2 fully saturated rings. The second-order valence-electron chi connectivity index (χ2n) is 10.3. The molecule has 0 saturated carbocycles. The van der Waals surface area contributed by atoms with Crippen molar-refractivity contribution in [2.75, 3.05) is 32.8 Å². The van der Waals surface area contributed by atoms with Gasteiger partial charge in [0.1, 0.15) is 17.4 Å². The van der Waals surface area contributed by atoms with Crippen molar-refractivity contribution < 1.29 is 14.7 Å². The van der Waals surface area contributed by atoms with E-state index >= 15 is 0 Å². The standard InChI is InChI=1S/C23H30N6O3/c1-22(2,3)14-29-17(10-16-13-25-18(12-24)26-20(16)29)21(32)27-6-4-23(5-7-27)11-19(31)28(15-23)8-9-30/h10,13,30H,4-9,11,14-15H2,1-3H3. The van der Waals surface area contributed by atoms with Gasteiger partial charge in [0.2, 0.25) is 11.7 Å². The number of carbonyl (C=O) groups is 2. The van der Waals surface area contributed by atoms with E-state index in [4.69, 9.17) is 0 Å². The van der Waals surface area contributed by atoms with E-state index in [0.29, 0.717) is 50.5 Å². The molecule has 2 aliphatic rings. The van der Waals surface area contributed by atoms with Gasteiger partial charge < -0.3 is 19.5 Å². The van der Waals surface area contributed by atoms with Gasteiger partial charge in [-0.1, -0.05) is 20.8 Å². The summed E-state index contributed by atoms with van der Waals surface area (Å²) in [7, 11) is 0. The van der Waals surface area contributed by atoms with Gasteiger partial charge in [0.25, 0.3) is 5.91 Å². The minimum Gasteiger partial charge on any atom is -0.395 e.